The molecule has 0 bridgehead atoms. The Kier molecular flexibility index (Phi) is 6.52. The third kappa shape index (κ3) is 4.56. The van der Waals surface area contributed by atoms with Crippen LogP contribution in [0.25, 0.3) is 27.7 Å². The molecule has 7 nitrogen and oxygen atoms in total. The number of aromatic nitrogens is 4. The molecule has 1 fully saturated rings. The lowest BCUT2D eigenvalue weighted by atomic mass is 10.0. The summed E-state index contributed by atoms with van der Waals surface area (Å²) in [5.74, 6) is 1.67. The van der Waals surface area contributed by atoms with Crippen LogP contribution < -0.4 is 10.2 Å². The first-order chi connectivity index (χ1) is 15.2. The van der Waals surface area contributed by atoms with Crippen molar-refractivity contribution >= 4 is 22.4 Å². The third-order valence-corrected chi connectivity index (χ3v) is 5.30. The molecule has 3 aromatic rings. The van der Waals surface area contributed by atoms with E-state index >= 15 is 0 Å². The predicted octanol–water partition coefficient (Wildman–Crippen LogP) is 3.76. The van der Waals surface area contributed by atoms with Gasteiger partial charge in [-0.1, -0.05) is 19.1 Å². The van der Waals surface area contributed by atoms with Gasteiger partial charge in [0, 0.05) is 49.7 Å². The topological polar surface area (TPSA) is 76.1 Å². The number of hydrogen-bond acceptors (Lipinski definition) is 7. The zero-order valence-electron chi connectivity index (χ0n) is 18.3. The second kappa shape index (κ2) is 9.66. The smallest absolute Gasteiger partial charge is 0.130 e. The van der Waals surface area contributed by atoms with E-state index in [1.807, 2.05) is 50.8 Å². The van der Waals surface area contributed by atoms with Gasteiger partial charge >= 0.3 is 0 Å². The minimum absolute atomic E-state index is 0.700. The van der Waals surface area contributed by atoms with E-state index in [1.165, 1.54) is 0 Å². The van der Waals surface area contributed by atoms with E-state index in [4.69, 9.17) is 14.7 Å². The standard InChI is InChI=1S/C24H28N6O/c1-4-5-6-7-21(25-3)24-23-19(8-9-26-24)20(18-15-27-17(2)28-16-18)14-22(29-23)30-10-12-31-13-11-30/h5-9,14-16,25H,4,10-13H2,1-3H3/b6-5-,21-7-. The summed E-state index contributed by atoms with van der Waals surface area (Å²) >= 11 is 0. The normalized spacial score (nSPS) is 15.1. The van der Waals surface area contributed by atoms with Crippen molar-refractivity contribution in [3.8, 4) is 11.1 Å². The van der Waals surface area contributed by atoms with Gasteiger partial charge in [-0.2, -0.15) is 0 Å². The Hall–Kier alpha value is -3.32. The zero-order valence-corrected chi connectivity index (χ0v) is 18.3. The lowest BCUT2D eigenvalue weighted by molar-refractivity contribution is 0.122. The van der Waals surface area contributed by atoms with Crippen LogP contribution in [0.1, 0.15) is 24.9 Å². The Balaban J connectivity index is 1.94. The Morgan fingerprint density at radius 2 is 1.97 bits per heavy atom. The van der Waals surface area contributed by atoms with Crippen LogP contribution in [0.4, 0.5) is 5.82 Å². The molecule has 1 saturated heterocycles. The monoisotopic (exact) mass is 416 g/mol. The number of ether oxygens (including phenoxy) is 1. The minimum Gasteiger partial charge on any atom is -0.386 e. The largest absolute Gasteiger partial charge is 0.386 e. The first-order valence-electron chi connectivity index (χ1n) is 10.7. The number of allylic oxidation sites excluding steroid dienone is 3. The summed E-state index contributed by atoms with van der Waals surface area (Å²) in [4.78, 5) is 20.8. The molecule has 0 radical (unpaired) electrons. The van der Waals surface area contributed by atoms with Crippen LogP contribution >= 0.6 is 0 Å². The molecule has 0 saturated carbocycles. The molecule has 1 aliphatic rings. The molecule has 4 heterocycles. The molecular formula is C24H28N6O. The number of pyridine rings is 2. The third-order valence-electron chi connectivity index (χ3n) is 5.30. The molecule has 0 spiro atoms. The molecular weight excluding hydrogens is 388 g/mol. The van der Waals surface area contributed by atoms with E-state index < -0.39 is 0 Å². The number of nitrogens with zero attached hydrogens (tertiary/aromatic N) is 5. The van der Waals surface area contributed by atoms with E-state index in [1.54, 1.807) is 0 Å². The van der Waals surface area contributed by atoms with Crippen molar-refractivity contribution in [1.82, 2.24) is 25.3 Å². The molecule has 160 valence electrons. The maximum Gasteiger partial charge on any atom is 0.130 e. The lowest BCUT2D eigenvalue weighted by Crippen LogP contribution is -2.36. The Morgan fingerprint density at radius 1 is 1.19 bits per heavy atom. The van der Waals surface area contributed by atoms with E-state index in [0.29, 0.717) is 13.2 Å². The molecule has 1 N–H and O–H groups in total. The summed E-state index contributed by atoms with van der Waals surface area (Å²) in [5, 5.41) is 4.31. The summed E-state index contributed by atoms with van der Waals surface area (Å²) in [6, 6.07) is 4.14. The summed E-state index contributed by atoms with van der Waals surface area (Å²) in [7, 11) is 1.91. The SMILES string of the molecule is CC/C=C\C=C(/NC)c1nccc2c(-c3cnc(C)nc3)cc(N3CCOCC3)nc12. The first-order valence-corrected chi connectivity index (χ1v) is 10.7. The highest BCUT2D eigenvalue weighted by Crippen LogP contribution is 2.33. The van der Waals surface area contributed by atoms with E-state index in [9.17, 15) is 0 Å². The highest BCUT2D eigenvalue weighted by Gasteiger charge is 2.19. The molecule has 0 aliphatic carbocycles. The van der Waals surface area contributed by atoms with Crippen LogP contribution in [0.3, 0.4) is 0 Å². The first kappa shape index (κ1) is 20.9. The van der Waals surface area contributed by atoms with Crippen LogP contribution in [0.5, 0.6) is 0 Å². The van der Waals surface area contributed by atoms with Crippen molar-refractivity contribution in [2.75, 3.05) is 38.3 Å². The summed E-state index contributed by atoms with van der Waals surface area (Å²) in [6.07, 6.45) is 12.8. The van der Waals surface area contributed by atoms with Crippen molar-refractivity contribution in [2.45, 2.75) is 20.3 Å². The van der Waals surface area contributed by atoms with Gasteiger partial charge in [0.25, 0.3) is 0 Å². The van der Waals surface area contributed by atoms with Gasteiger partial charge in [0.05, 0.1) is 18.9 Å². The van der Waals surface area contributed by atoms with Crippen molar-refractivity contribution in [3.63, 3.8) is 0 Å². The molecule has 1 aliphatic heterocycles. The van der Waals surface area contributed by atoms with Crippen LogP contribution in [0.15, 0.2) is 49.0 Å². The highest BCUT2D eigenvalue weighted by molar-refractivity contribution is 6.00. The summed E-state index contributed by atoms with van der Waals surface area (Å²) in [6.45, 7) is 7.03. The Morgan fingerprint density at radius 3 is 2.68 bits per heavy atom. The number of anilines is 1. The van der Waals surface area contributed by atoms with Gasteiger partial charge in [0.2, 0.25) is 0 Å². The molecule has 7 heteroatoms. The van der Waals surface area contributed by atoms with Gasteiger partial charge in [-0.05, 0) is 37.1 Å². The van der Waals surface area contributed by atoms with Gasteiger partial charge in [-0.25, -0.2) is 15.0 Å². The lowest BCUT2D eigenvalue weighted by Gasteiger charge is -2.28. The summed E-state index contributed by atoms with van der Waals surface area (Å²) < 4.78 is 5.54. The highest BCUT2D eigenvalue weighted by atomic mass is 16.5. The minimum atomic E-state index is 0.700. The number of hydrogen-bond donors (Lipinski definition) is 1. The van der Waals surface area contributed by atoms with Crippen molar-refractivity contribution in [3.05, 3.63) is 60.5 Å². The van der Waals surface area contributed by atoms with Gasteiger partial charge in [0.1, 0.15) is 22.9 Å². The second-order valence-electron chi connectivity index (χ2n) is 7.37. The fourth-order valence-corrected chi connectivity index (χ4v) is 3.64. The zero-order chi connectivity index (χ0) is 21.6. The Labute approximate surface area is 182 Å². The fraction of sp³-hybridized carbons (Fsp3) is 0.333. The predicted molar refractivity (Wildman–Crippen MR) is 125 cm³/mol. The molecule has 3 aromatic heterocycles. The van der Waals surface area contributed by atoms with Gasteiger partial charge in [-0.3, -0.25) is 4.98 Å². The quantitative estimate of drug-likeness (QED) is 0.613. The van der Waals surface area contributed by atoms with Gasteiger partial charge in [0.15, 0.2) is 0 Å². The Bertz CT molecular complexity index is 1100. The van der Waals surface area contributed by atoms with Crippen molar-refractivity contribution in [2.24, 2.45) is 0 Å². The van der Waals surface area contributed by atoms with Crippen LogP contribution in [0, 0.1) is 6.92 Å². The van der Waals surface area contributed by atoms with E-state index in [2.05, 4.69) is 39.3 Å². The average molecular weight is 417 g/mol. The van der Waals surface area contributed by atoms with E-state index in [0.717, 1.165) is 64.6 Å². The molecule has 0 aromatic carbocycles. The number of morpholine rings is 1. The van der Waals surface area contributed by atoms with Gasteiger partial charge in [-0.15, -0.1) is 0 Å². The number of aryl methyl sites for hydroxylation is 1. The van der Waals surface area contributed by atoms with Crippen LogP contribution in [-0.2, 0) is 4.74 Å². The van der Waals surface area contributed by atoms with Gasteiger partial charge < -0.3 is 15.0 Å². The van der Waals surface area contributed by atoms with Crippen LogP contribution in [0.2, 0.25) is 0 Å². The maximum atomic E-state index is 5.54. The number of fused-ring (bicyclic) bond motifs is 1. The molecule has 4 rings (SSSR count). The molecule has 0 unspecified atom stereocenters. The molecule has 0 amide bonds. The average Bonchev–Trinajstić information content (AvgIpc) is 2.82. The maximum absolute atomic E-state index is 5.54. The molecule has 0 atom stereocenters. The van der Waals surface area contributed by atoms with E-state index in [-0.39, 0.29) is 0 Å². The van der Waals surface area contributed by atoms with Crippen molar-refractivity contribution < 1.29 is 4.74 Å². The second-order valence-corrected chi connectivity index (χ2v) is 7.37. The summed E-state index contributed by atoms with van der Waals surface area (Å²) in [5.41, 5.74) is 4.62. The van der Waals surface area contributed by atoms with Crippen LogP contribution in [-0.4, -0.2) is 53.3 Å². The molecule has 31 heavy (non-hydrogen) atoms. The van der Waals surface area contributed by atoms with Crippen molar-refractivity contribution in [1.29, 1.82) is 0 Å². The number of rotatable bonds is 6. The fourth-order valence-electron chi connectivity index (χ4n) is 3.64. The number of nitrogens with one attached hydrogen (secondary N) is 1.